The van der Waals surface area contributed by atoms with Crippen molar-refractivity contribution in [2.24, 2.45) is 0 Å². The minimum Gasteiger partial charge on any atom is -0.548 e. The molecule has 1 aromatic carbocycles. The summed E-state index contributed by atoms with van der Waals surface area (Å²) in [6, 6.07) is 3.03. The number of benzene rings is 1. The molecular weight excluding hydrogens is 342 g/mol. The molecule has 0 bridgehead atoms. The molecule has 23 heavy (non-hydrogen) atoms. The van der Waals surface area contributed by atoms with Crippen molar-refractivity contribution in [3.8, 4) is 17.2 Å². The summed E-state index contributed by atoms with van der Waals surface area (Å²) in [4.78, 5) is 24.0. The average Bonchev–Trinajstić information content (AvgIpc) is 2.76. The van der Waals surface area contributed by atoms with E-state index in [2.05, 4.69) is 0 Å². The first-order chi connectivity index (χ1) is 10.9. The van der Waals surface area contributed by atoms with E-state index in [4.69, 9.17) is 21.7 Å². The van der Waals surface area contributed by atoms with Gasteiger partial charge in [-0.1, -0.05) is 24.0 Å². The zero-order valence-corrected chi connectivity index (χ0v) is 13.8. The fourth-order valence-electron chi connectivity index (χ4n) is 1.91. The van der Waals surface area contributed by atoms with E-state index in [0.717, 1.165) is 16.7 Å². The van der Waals surface area contributed by atoms with Crippen LogP contribution in [-0.4, -0.2) is 47.0 Å². The number of hydrogen-bond donors (Lipinski definition) is 1. The van der Waals surface area contributed by atoms with Crippen LogP contribution in [0.15, 0.2) is 17.0 Å². The summed E-state index contributed by atoms with van der Waals surface area (Å²) in [6.45, 7) is -0.593. The number of carboxylic acids is 1. The molecule has 0 spiro atoms. The molecule has 1 aromatic rings. The molecule has 0 radical (unpaired) electrons. The van der Waals surface area contributed by atoms with Gasteiger partial charge in [0, 0.05) is 0 Å². The highest BCUT2D eigenvalue weighted by Gasteiger charge is 2.32. The van der Waals surface area contributed by atoms with Crippen LogP contribution in [0.5, 0.6) is 17.2 Å². The van der Waals surface area contributed by atoms with Gasteiger partial charge in [0.1, 0.15) is 4.32 Å². The monoisotopic (exact) mass is 354 g/mol. The van der Waals surface area contributed by atoms with Gasteiger partial charge in [-0.3, -0.25) is 9.69 Å². The first-order valence-electron chi connectivity index (χ1n) is 6.27. The number of nitrogens with zero attached hydrogens (tertiary/aromatic N) is 1. The maximum absolute atomic E-state index is 12.2. The van der Waals surface area contributed by atoms with Crippen molar-refractivity contribution in [3.05, 3.63) is 22.6 Å². The van der Waals surface area contributed by atoms with Gasteiger partial charge in [-0.2, -0.15) is 0 Å². The highest BCUT2D eigenvalue weighted by atomic mass is 32.2. The topological polar surface area (TPSA) is 99.1 Å². The molecule has 0 unspecified atom stereocenters. The van der Waals surface area contributed by atoms with Gasteiger partial charge >= 0.3 is 0 Å². The molecule has 0 saturated carbocycles. The lowest BCUT2D eigenvalue weighted by Gasteiger charge is -2.14. The molecule has 0 atom stereocenters. The minimum absolute atomic E-state index is 0.142. The smallest absolute Gasteiger partial charge is 0.266 e. The average molecular weight is 354 g/mol. The van der Waals surface area contributed by atoms with Crippen molar-refractivity contribution < 1.29 is 29.3 Å². The number of phenols is 1. The first kappa shape index (κ1) is 17.1. The summed E-state index contributed by atoms with van der Waals surface area (Å²) >= 11 is 5.98. The number of amides is 1. The number of thiocarbonyl (C=S) groups is 1. The highest BCUT2D eigenvalue weighted by Crippen LogP contribution is 2.39. The Kier molecular flexibility index (Phi) is 5.12. The van der Waals surface area contributed by atoms with E-state index in [9.17, 15) is 19.8 Å². The Hall–Kier alpha value is -2.26. The van der Waals surface area contributed by atoms with Gasteiger partial charge < -0.3 is 24.5 Å². The Morgan fingerprint density at radius 1 is 1.39 bits per heavy atom. The van der Waals surface area contributed by atoms with Crippen LogP contribution < -0.4 is 14.6 Å². The first-order valence-corrected chi connectivity index (χ1v) is 7.50. The molecule has 2 rings (SSSR count). The molecule has 122 valence electrons. The van der Waals surface area contributed by atoms with Crippen molar-refractivity contribution in [2.75, 3.05) is 20.8 Å². The number of ether oxygens (including phenoxy) is 2. The van der Waals surface area contributed by atoms with E-state index >= 15 is 0 Å². The molecule has 1 N–H and O–H groups in total. The molecule has 9 heteroatoms. The Morgan fingerprint density at radius 3 is 2.43 bits per heavy atom. The van der Waals surface area contributed by atoms with Crippen molar-refractivity contribution in [2.45, 2.75) is 0 Å². The summed E-state index contributed by atoms with van der Waals surface area (Å²) in [5.74, 6) is -1.70. The molecule has 0 aliphatic carbocycles. The maximum Gasteiger partial charge on any atom is 0.266 e. The number of carboxylic acid groups (broad SMARTS) is 1. The van der Waals surface area contributed by atoms with Gasteiger partial charge in [-0.05, 0) is 23.8 Å². The third-order valence-electron chi connectivity index (χ3n) is 2.96. The van der Waals surface area contributed by atoms with E-state index < -0.39 is 18.4 Å². The van der Waals surface area contributed by atoms with Crippen LogP contribution in [-0.2, 0) is 9.59 Å². The molecular formula is C14H12NO6S2-. The molecule has 1 fully saturated rings. The zero-order valence-electron chi connectivity index (χ0n) is 12.2. The van der Waals surface area contributed by atoms with E-state index in [1.54, 1.807) is 0 Å². The quantitative estimate of drug-likeness (QED) is 0.598. The number of methoxy groups -OCH3 is 2. The molecule has 1 aliphatic heterocycles. The number of rotatable bonds is 5. The van der Waals surface area contributed by atoms with Crippen LogP contribution >= 0.6 is 24.0 Å². The third kappa shape index (κ3) is 3.57. The van der Waals surface area contributed by atoms with Gasteiger partial charge in [0.05, 0.1) is 31.6 Å². The van der Waals surface area contributed by atoms with Crippen molar-refractivity contribution in [1.82, 2.24) is 4.90 Å². The Balaban J connectivity index is 2.37. The fourth-order valence-corrected chi connectivity index (χ4v) is 3.17. The van der Waals surface area contributed by atoms with E-state index in [1.807, 2.05) is 0 Å². The van der Waals surface area contributed by atoms with Crippen LogP contribution in [0.3, 0.4) is 0 Å². The molecule has 7 nitrogen and oxygen atoms in total. The zero-order chi connectivity index (χ0) is 17.1. The SMILES string of the molecule is COc1cc(/C=C2/SC(=S)N(CC(=O)[O-])C2=O)cc(OC)c1O. The lowest BCUT2D eigenvalue weighted by Crippen LogP contribution is -2.40. The van der Waals surface area contributed by atoms with Crippen molar-refractivity contribution in [3.63, 3.8) is 0 Å². The van der Waals surface area contributed by atoms with Gasteiger partial charge in [-0.15, -0.1) is 0 Å². The lowest BCUT2D eigenvalue weighted by molar-refractivity contribution is -0.305. The van der Waals surface area contributed by atoms with Gasteiger partial charge in [0.15, 0.2) is 11.5 Å². The van der Waals surface area contributed by atoms with E-state index in [1.165, 1.54) is 32.4 Å². The predicted molar refractivity (Wildman–Crippen MR) is 86.1 cm³/mol. The predicted octanol–water partition coefficient (Wildman–Crippen LogP) is 0.360. The number of carbonyl (C=O) groups excluding carboxylic acids is 2. The summed E-state index contributed by atoms with van der Waals surface area (Å²) in [7, 11) is 2.77. The molecule has 0 aromatic heterocycles. The minimum atomic E-state index is -1.39. The Bertz CT molecular complexity index is 690. The molecule has 1 aliphatic rings. The van der Waals surface area contributed by atoms with Gasteiger partial charge in [-0.25, -0.2) is 0 Å². The van der Waals surface area contributed by atoms with Gasteiger partial charge in [0.2, 0.25) is 5.75 Å². The van der Waals surface area contributed by atoms with Crippen LogP contribution in [0, 0.1) is 0 Å². The fraction of sp³-hybridized carbons (Fsp3) is 0.214. The Labute approximate surface area is 141 Å². The summed E-state index contributed by atoms with van der Waals surface area (Å²) in [6.07, 6.45) is 1.51. The van der Waals surface area contributed by atoms with Gasteiger partial charge in [0.25, 0.3) is 5.91 Å². The van der Waals surface area contributed by atoms with Crippen LogP contribution in [0.25, 0.3) is 6.08 Å². The number of phenolic OH excluding ortho intramolecular Hbond substituents is 1. The second-order valence-corrected chi connectivity index (χ2v) is 6.09. The third-order valence-corrected chi connectivity index (χ3v) is 4.34. The Morgan fingerprint density at radius 2 is 1.96 bits per heavy atom. The standard InChI is InChI=1S/C14H13NO6S2/c1-20-8-3-7(4-9(21-2)12(8)18)5-10-13(19)15(6-11(16)17)14(22)23-10/h3-5,18H,6H2,1-2H3,(H,16,17)/p-1/b10-5+. The molecule has 1 heterocycles. The number of aliphatic carboxylic acids is 1. The van der Waals surface area contributed by atoms with E-state index in [-0.39, 0.29) is 26.5 Å². The summed E-state index contributed by atoms with van der Waals surface area (Å²) < 4.78 is 10.2. The number of aromatic hydroxyl groups is 1. The van der Waals surface area contributed by atoms with Crippen molar-refractivity contribution >= 4 is 46.3 Å². The normalized spacial score (nSPS) is 16.1. The largest absolute Gasteiger partial charge is 0.548 e. The maximum atomic E-state index is 12.2. The number of thioether (sulfide) groups is 1. The number of carbonyl (C=O) groups is 2. The van der Waals surface area contributed by atoms with E-state index in [0.29, 0.717) is 5.56 Å². The molecule has 1 saturated heterocycles. The van der Waals surface area contributed by atoms with Crippen LogP contribution in [0.4, 0.5) is 0 Å². The second-order valence-electron chi connectivity index (χ2n) is 4.41. The van der Waals surface area contributed by atoms with Crippen molar-refractivity contribution in [1.29, 1.82) is 0 Å². The lowest BCUT2D eigenvalue weighted by atomic mass is 10.1. The van der Waals surface area contributed by atoms with Crippen LogP contribution in [0.1, 0.15) is 5.56 Å². The summed E-state index contributed by atoms with van der Waals surface area (Å²) in [5, 5.41) is 20.5. The van der Waals surface area contributed by atoms with Crippen LogP contribution in [0.2, 0.25) is 0 Å². The number of hydrogen-bond acceptors (Lipinski definition) is 8. The summed E-state index contributed by atoms with van der Waals surface area (Å²) in [5.41, 5.74) is 0.533. The highest BCUT2D eigenvalue weighted by molar-refractivity contribution is 8.26. The molecule has 1 amide bonds. The second kappa shape index (κ2) is 6.88.